The number of rotatable bonds is 7. The van der Waals surface area contributed by atoms with E-state index in [0.717, 1.165) is 29.8 Å². The van der Waals surface area contributed by atoms with Crippen LogP contribution in [0.4, 0.5) is 0 Å². The third-order valence-corrected chi connectivity index (χ3v) is 4.18. The molecule has 4 heteroatoms. The first-order valence-electron chi connectivity index (χ1n) is 7.63. The van der Waals surface area contributed by atoms with Crippen molar-refractivity contribution in [2.75, 3.05) is 0 Å². The number of carbonyl (C=O) groups is 1. The van der Waals surface area contributed by atoms with E-state index in [1.165, 1.54) is 4.88 Å². The number of aromatic nitrogens is 1. The fourth-order valence-electron chi connectivity index (χ4n) is 1.99. The van der Waals surface area contributed by atoms with Gasteiger partial charge in [-0.1, -0.05) is 32.4 Å². The molecule has 0 atom stereocenters. The van der Waals surface area contributed by atoms with E-state index in [4.69, 9.17) is 4.74 Å². The van der Waals surface area contributed by atoms with Gasteiger partial charge < -0.3 is 4.74 Å². The lowest BCUT2D eigenvalue weighted by Gasteiger charge is -2.03. The van der Waals surface area contributed by atoms with Crippen LogP contribution in [0.25, 0.3) is 10.6 Å². The highest BCUT2D eigenvalue weighted by atomic mass is 32.1. The number of hydrogen-bond donors (Lipinski definition) is 0. The van der Waals surface area contributed by atoms with Crippen LogP contribution in [0.15, 0.2) is 42.6 Å². The van der Waals surface area contributed by atoms with E-state index in [1.54, 1.807) is 11.3 Å². The van der Waals surface area contributed by atoms with Crippen molar-refractivity contribution in [2.24, 2.45) is 0 Å². The van der Waals surface area contributed by atoms with Crippen molar-refractivity contribution in [3.8, 4) is 16.3 Å². The normalized spacial score (nSPS) is 11.0. The van der Waals surface area contributed by atoms with Gasteiger partial charge in [0.15, 0.2) is 0 Å². The van der Waals surface area contributed by atoms with Gasteiger partial charge in [-0.3, -0.25) is 4.79 Å². The monoisotopic (exact) mass is 315 g/mol. The highest BCUT2D eigenvalue weighted by molar-refractivity contribution is 7.15. The molecular formula is C18H21NO2S. The maximum absolute atomic E-state index is 11.6. The Balaban J connectivity index is 1.97. The number of benzene rings is 1. The molecule has 2 rings (SSSR count). The molecule has 116 valence electrons. The van der Waals surface area contributed by atoms with Crippen molar-refractivity contribution in [1.29, 1.82) is 0 Å². The van der Waals surface area contributed by atoms with Gasteiger partial charge in [0.1, 0.15) is 10.8 Å². The maximum Gasteiger partial charge on any atom is 0.315 e. The van der Waals surface area contributed by atoms with Gasteiger partial charge in [0.2, 0.25) is 0 Å². The average Bonchev–Trinajstić information content (AvgIpc) is 2.97. The topological polar surface area (TPSA) is 39.2 Å². The van der Waals surface area contributed by atoms with E-state index in [9.17, 15) is 4.79 Å². The molecule has 0 amide bonds. The van der Waals surface area contributed by atoms with Gasteiger partial charge in [0, 0.05) is 16.6 Å². The van der Waals surface area contributed by atoms with Crippen molar-refractivity contribution in [3.63, 3.8) is 0 Å². The Bertz CT molecular complexity index is 629. The van der Waals surface area contributed by atoms with Crippen molar-refractivity contribution < 1.29 is 9.53 Å². The van der Waals surface area contributed by atoms with Gasteiger partial charge in [-0.2, -0.15) is 0 Å². The molecule has 0 unspecified atom stereocenters. The summed E-state index contributed by atoms with van der Waals surface area (Å²) >= 11 is 1.72. The Morgan fingerprint density at radius 2 is 2.00 bits per heavy atom. The first-order chi connectivity index (χ1) is 10.7. The minimum atomic E-state index is -0.239. The van der Waals surface area contributed by atoms with E-state index in [0.29, 0.717) is 12.2 Å². The van der Waals surface area contributed by atoms with Crippen LogP contribution in [-0.4, -0.2) is 11.0 Å². The Morgan fingerprint density at radius 3 is 2.68 bits per heavy atom. The molecule has 0 saturated carbocycles. The molecule has 1 aromatic carbocycles. The molecule has 0 saturated heterocycles. The lowest BCUT2D eigenvalue weighted by Crippen LogP contribution is -2.05. The third kappa shape index (κ3) is 4.81. The van der Waals surface area contributed by atoms with E-state index >= 15 is 0 Å². The number of allylic oxidation sites excluding steroid dienone is 1. The molecule has 3 nitrogen and oxygen atoms in total. The van der Waals surface area contributed by atoms with Crippen LogP contribution in [0.2, 0.25) is 0 Å². The second kappa shape index (κ2) is 8.49. The van der Waals surface area contributed by atoms with E-state index < -0.39 is 0 Å². The van der Waals surface area contributed by atoms with Crippen LogP contribution < -0.4 is 4.74 Å². The highest BCUT2D eigenvalue weighted by Gasteiger charge is 2.06. The summed E-state index contributed by atoms with van der Waals surface area (Å²) in [5, 5.41) is 1.01. The number of nitrogens with zero attached hydrogens (tertiary/aromatic N) is 1. The van der Waals surface area contributed by atoms with Gasteiger partial charge in [0.25, 0.3) is 0 Å². The van der Waals surface area contributed by atoms with E-state index in [2.05, 4.69) is 11.9 Å². The quantitative estimate of drug-likeness (QED) is 0.409. The van der Waals surface area contributed by atoms with Crippen LogP contribution in [0, 0.1) is 0 Å². The van der Waals surface area contributed by atoms with Gasteiger partial charge in [-0.05, 0) is 37.1 Å². The first-order valence-corrected chi connectivity index (χ1v) is 8.45. The molecule has 0 radical (unpaired) electrons. The largest absolute Gasteiger partial charge is 0.426 e. The van der Waals surface area contributed by atoms with Crippen LogP contribution in [0.1, 0.15) is 38.0 Å². The predicted octanol–water partition coefficient (Wildman–Crippen LogP) is 5.02. The second-order valence-corrected chi connectivity index (χ2v) is 6.08. The molecule has 1 aromatic heterocycles. The number of esters is 1. The summed E-state index contributed by atoms with van der Waals surface area (Å²) in [5.41, 5.74) is 1.05. The molecule has 0 aliphatic carbocycles. The summed E-state index contributed by atoms with van der Waals surface area (Å²) in [6, 6.07) is 7.52. The molecule has 0 N–H and O–H groups in total. The minimum absolute atomic E-state index is 0.239. The lowest BCUT2D eigenvalue weighted by atomic mass is 10.2. The molecule has 0 spiro atoms. The Hall–Kier alpha value is -1.94. The zero-order valence-electron chi connectivity index (χ0n) is 13.0. The average molecular weight is 315 g/mol. The summed E-state index contributed by atoms with van der Waals surface area (Å²) in [4.78, 5) is 17.4. The number of aryl methyl sites for hydroxylation is 1. The van der Waals surface area contributed by atoms with Gasteiger partial charge in [-0.15, -0.1) is 11.3 Å². The molecule has 2 aromatic rings. The summed E-state index contributed by atoms with van der Waals surface area (Å²) in [5.74, 6) is 0.334. The molecule has 22 heavy (non-hydrogen) atoms. The predicted molar refractivity (Wildman–Crippen MR) is 91.2 cm³/mol. The van der Waals surface area contributed by atoms with Crippen LogP contribution >= 0.6 is 11.3 Å². The van der Waals surface area contributed by atoms with Crippen LogP contribution in [-0.2, 0) is 11.2 Å². The van der Waals surface area contributed by atoms with E-state index in [-0.39, 0.29) is 5.97 Å². The Labute approximate surface area is 135 Å². The SMILES string of the molecule is CC/C=C\CC(=O)Oc1ccc(-c2ncc(CCC)s2)cc1. The molecule has 1 heterocycles. The number of thiazole rings is 1. The van der Waals surface area contributed by atoms with Crippen molar-refractivity contribution in [3.05, 3.63) is 47.5 Å². The summed E-state index contributed by atoms with van der Waals surface area (Å²) in [6.45, 7) is 4.20. The summed E-state index contributed by atoms with van der Waals surface area (Å²) in [7, 11) is 0. The van der Waals surface area contributed by atoms with Gasteiger partial charge >= 0.3 is 5.97 Å². The molecule has 0 bridgehead atoms. The fourth-order valence-corrected chi connectivity index (χ4v) is 3.01. The van der Waals surface area contributed by atoms with Gasteiger partial charge in [0.05, 0.1) is 6.42 Å². The minimum Gasteiger partial charge on any atom is -0.426 e. The Kier molecular flexibility index (Phi) is 6.34. The van der Waals surface area contributed by atoms with Gasteiger partial charge in [-0.25, -0.2) is 4.98 Å². The molecular weight excluding hydrogens is 294 g/mol. The Morgan fingerprint density at radius 1 is 1.23 bits per heavy atom. The van der Waals surface area contributed by atoms with E-state index in [1.807, 2.05) is 49.5 Å². The molecule has 0 aliphatic rings. The smallest absolute Gasteiger partial charge is 0.315 e. The lowest BCUT2D eigenvalue weighted by molar-refractivity contribution is -0.133. The number of hydrogen-bond acceptors (Lipinski definition) is 4. The zero-order chi connectivity index (χ0) is 15.8. The van der Waals surface area contributed by atoms with Crippen molar-refractivity contribution in [2.45, 2.75) is 39.5 Å². The number of carbonyl (C=O) groups excluding carboxylic acids is 1. The maximum atomic E-state index is 11.6. The zero-order valence-corrected chi connectivity index (χ0v) is 13.9. The molecule has 0 fully saturated rings. The highest BCUT2D eigenvalue weighted by Crippen LogP contribution is 2.27. The van der Waals surface area contributed by atoms with Crippen LogP contribution in [0.3, 0.4) is 0 Å². The van der Waals surface area contributed by atoms with Crippen molar-refractivity contribution in [1.82, 2.24) is 4.98 Å². The summed E-state index contributed by atoms with van der Waals surface area (Å²) < 4.78 is 5.29. The first kappa shape index (κ1) is 16.4. The molecule has 0 aliphatic heterocycles. The van der Waals surface area contributed by atoms with Crippen molar-refractivity contribution >= 4 is 17.3 Å². The fraction of sp³-hybridized carbons (Fsp3) is 0.333. The standard InChI is InChI=1S/C18H21NO2S/c1-3-5-6-8-17(20)21-15-11-9-14(10-12-15)18-19-13-16(22-18)7-4-2/h5-6,9-13H,3-4,7-8H2,1-2H3/b6-5-. The second-order valence-electron chi connectivity index (χ2n) is 4.96. The number of ether oxygens (including phenoxy) is 1. The van der Waals surface area contributed by atoms with Crippen LogP contribution in [0.5, 0.6) is 5.75 Å². The summed E-state index contributed by atoms with van der Waals surface area (Å²) in [6.07, 6.45) is 9.17. The third-order valence-electron chi connectivity index (χ3n) is 3.07.